The number of ether oxygens (including phenoxy) is 1. The van der Waals surface area contributed by atoms with E-state index in [1.165, 1.54) is 11.3 Å². The van der Waals surface area contributed by atoms with Gasteiger partial charge in [-0.2, -0.15) is 0 Å². The Morgan fingerprint density at radius 3 is 2.64 bits per heavy atom. The van der Waals surface area contributed by atoms with Gasteiger partial charge in [-0.1, -0.05) is 22.9 Å². The molecule has 5 nitrogen and oxygen atoms in total. The molecule has 112 valence electrons. The van der Waals surface area contributed by atoms with Crippen LogP contribution >= 0.6 is 22.9 Å². The number of methoxy groups -OCH3 is 1. The van der Waals surface area contributed by atoms with Crippen LogP contribution in [0.15, 0.2) is 57.9 Å². The average Bonchev–Trinajstić information content (AvgIpc) is 2.83. The van der Waals surface area contributed by atoms with Gasteiger partial charge in [0, 0.05) is 12.1 Å². The predicted octanol–water partition coefficient (Wildman–Crippen LogP) is 4.50. The van der Waals surface area contributed by atoms with Crippen molar-refractivity contribution < 1.29 is 4.74 Å². The fourth-order valence-corrected chi connectivity index (χ4v) is 3.21. The van der Waals surface area contributed by atoms with Crippen LogP contribution in [-0.4, -0.2) is 11.7 Å². The Bertz CT molecular complexity index is 896. The molecule has 7 heteroatoms. The van der Waals surface area contributed by atoms with Gasteiger partial charge in [-0.3, -0.25) is 0 Å². The first kappa shape index (κ1) is 14.7. The number of hydrogen-bond donors (Lipinski definition) is 0. The van der Waals surface area contributed by atoms with Crippen molar-refractivity contribution in [3.63, 3.8) is 0 Å². The average molecular weight is 333 g/mol. The Hall–Kier alpha value is -2.18. The van der Waals surface area contributed by atoms with Gasteiger partial charge in [0.15, 0.2) is 0 Å². The normalized spacial score (nSPS) is 12.4. The van der Waals surface area contributed by atoms with Gasteiger partial charge in [0.2, 0.25) is 4.80 Å². The molecule has 2 aromatic carbocycles. The maximum atomic E-state index is 6.00. The number of halogens is 1. The fourth-order valence-electron chi connectivity index (χ4n) is 1.97. The largest absolute Gasteiger partial charge is 0.497 e. The second-order valence-electron chi connectivity index (χ2n) is 4.54. The minimum atomic E-state index is 0.709. The molecule has 0 N–H and O–H groups in total. The highest BCUT2D eigenvalue weighted by Gasteiger charge is 2.02. The number of aromatic nitrogens is 1. The SMILES string of the molecule is COc1ccc(N=NN=c2sc3cc(Cl)ccc3n2C)cc1. The van der Waals surface area contributed by atoms with E-state index in [1.807, 2.05) is 54.1 Å². The van der Waals surface area contributed by atoms with Crippen LogP contribution < -0.4 is 9.54 Å². The van der Waals surface area contributed by atoms with E-state index in [4.69, 9.17) is 16.3 Å². The van der Waals surface area contributed by atoms with Crippen molar-refractivity contribution in [1.82, 2.24) is 4.57 Å². The summed E-state index contributed by atoms with van der Waals surface area (Å²) >= 11 is 7.52. The van der Waals surface area contributed by atoms with Gasteiger partial charge < -0.3 is 9.30 Å². The van der Waals surface area contributed by atoms with Crippen molar-refractivity contribution in [1.29, 1.82) is 0 Å². The molecule has 0 radical (unpaired) electrons. The van der Waals surface area contributed by atoms with Crippen molar-refractivity contribution in [3.8, 4) is 5.75 Å². The van der Waals surface area contributed by atoms with Crippen LogP contribution in [0, 0.1) is 0 Å². The van der Waals surface area contributed by atoms with E-state index < -0.39 is 0 Å². The smallest absolute Gasteiger partial charge is 0.213 e. The summed E-state index contributed by atoms with van der Waals surface area (Å²) in [7, 11) is 3.56. The highest BCUT2D eigenvalue weighted by atomic mass is 35.5. The van der Waals surface area contributed by atoms with Crippen LogP contribution in [0.1, 0.15) is 0 Å². The topological polar surface area (TPSA) is 51.2 Å². The van der Waals surface area contributed by atoms with E-state index in [1.54, 1.807) is 7.11 Å². The summed E-state index contributed by atoms with van der Waals surface area (Å²) in [4.78, 5) is 0.759. The van der Waals surface area contributed by atoms with E-state index in [2.05, 4.69) is 15.4 Å². The zero-order chi connectivity index (χ0) is 15.5. The van der Waals surface area contributed by atoms with E-state index in [-0.39, 0.29) is 0 Å². The predicted molar refractivity (Wildman–Crippen MR) is 88.9 cm³/mol. The van der Waals surface area contributed by atoms with Crippen molar-refractivity contribution in [2.75, 3.05) is 7.11 Å². The minimum Gasteiger partial charge on any atom is -0.497 e. The molecule has 0 aliphatic carbocycles. The van der Waals surface area contributed by atoms with Crippen LogP contribution in [-0.2, 0) is 7.05 Å². The summed E-state index contributed by atoms with van der Waals surface area (Å²) in [6, 6.07) is 13.0. The van der Waals surface area contributed by atoms with Crippen LogP contribution in [0.2, 0.25) is 5.02 Å². The summed E-state index contributed by atoms with van der Waals surface area (Å²) in [6.07, 6.45) is 0. The number of thiazole rings is 1. The number of benzene rings is 2. The Kier molecular flexibility index (Phi) is 4.22. The van der Waals surface area contributed by atoms with Crippen molar-refractivity contribution in [2.45, 2.75) is 0 Å². The molecule has 1 aromatic heterocycles. The third-order valence-electron chi connectivity index (χ3n) is 3.13. The van der Waals surface area contributed by atoms with E-state index in [0.29, 0.717) is 5.02 Å². The maximum Gasteiger partial charge on any atom is 0.213 e. The monoisotopic (exact) mass is 332 g/mol. The van der Waals surface area contributed by atoms with E-state index in [0.717, 1.165) is 26.5 Å². The number of hydrogen-bond acceptors (Lipinski definition) is 4. The lowest BCUT2D eigenvalue weighted by Gasteiger charge is -1.97. The van der Waals surface area contributed by atoms with Gasteiger partial charge in [-0.15, -0.1) is 10.2 Å². The van der Waals surface area contributed by atoms with Gasteiger partial charge in [0.1, 0.15) is 5.75 Å². The number of rotatable bonds is 3. The lowest BCUT2D eigenvalue weighted by atomic mass is 10.3. The summed E-state index contributed by atoms with van der Waals surface area (Å²) in [5.41, 5.74) is 1.78. The molecule has 3 rings (SSSR count). The van der Waals surface area contributed by atoms with Gasteiger partial charge in [-0.25, -0.2) is 0 Å². The van der Waals surface area contributed by atoms with E-state index >= 15 is 0 Å². The molecule has 22 heavy (non-hydrogen) atoms. The van der Waals surface area contributed by atoms with Crippen molar-refractivity contribution in [3.05, 3.63) is 52.3 Å². The Morgan fingerprint density at radius 1 is 1.14 bits per heavy atom. The molecular weight excluding hydrogens is 320 g/mol. The summed E-state index contributed by atoms with van der Waals surface area (Å²) < 4.78 is 8.12. The number of fused-ring (bicyclic) bond motifs is 1. The standard InChI is InChI=1S/C15H13ClN4OS/c1-20-13-8-3-10(16)9-14(13)22-15(20)18-19-17-11-4-6-12(21-2)7-5-11/h3-9H,1-2H3. The maximum absolute atomic E-state index is 6.00. The molecule has 1 heterocycles. The van der Waals surface area contributed by atoms with Crippen LogP contribution in [0.3, 0.4) is 0 Å². The first-order chi connectivity index (χ1) is 10.7. The Labute approximate surface area is 136 Å². The molecule has 0 fully saturated rings. The van der Waals surface area contributed by atoms with Crippen molar-refractivity contribution in [2.24, 2.45) is 22.5 Å². The molecule has 0 unspecified atom stereocenters. The molecule has 3 aromatic rings. The third kappa shape index (κ3) is 3.03. The molecule has 0 atom stereocenters. The fraction of sp³-hybridized carbons (Fsp3) is 0.133. The van der Waals surface area contributed by atoms with Crippen molar-refractivity contribution >= 4 is 38.8 Å². The summed E-state index contributed by atoms with van der Waals surface area (Å²) in [6.45, 7) is 0. The minimum absolute atomic E-state index is 0.709. The van der Waals surface area contributed by atoms with Gasteiger partial charge in [0.05, 0.1) is 23.0 Å². The molecule has 0 saturated heterocycles. The second-order valence-corrected chi connectivity index (χ2v) is 5.99. The van der Waals surface area contributed by atoms with Crippen LogP contribution in [0.5, 0.6) is 5.75 Å². The molecule has 0 aliphatic heterocycles. The summed E-state index contributed by atoms with van der Waals surface area (Å²) in [5.74, 6) is 0.781. The van der Waals surface area contributed by atoms with Crippen LogP contribution in [0.4, 0.5) is 5.69 Å². The summed E-state index contributed by atoms with van der Waals surface area (Å²) in [5, 5.41) is 12.9. The lowest BCUT2D eigenvalue weighted by molar-refractivity contribution is 0.415. The van der Waals surface area contributed by atoms with Gasteiger partial charge >= 0.3 is 0 Å². The Morgan fingerprint density at radius 2 is 1.91 bits per heavy atom. The number of aryl methyl sites for hydroxylation is 1. The second kappa shape index (κ2) is 6.29. The Balaban J connectivity index is 1.91. The molecule has 0 spiro atoms. The first-order valence-corrected chi connectivity index (χ1v) is 7.71. The first-order valence-electron chi connectivity index (χ1n) is 6.51. The zero-order valence-corrected chi connectivity index (χ0v) is 13.6. The number of nitrogens with zero attached hydrogens (tertiary/aromatic N) is 4. The van der Waals surface area contributed by atoms with Gasteiger partial charge in [0.25, 0.3) is 0 Å². The van der Waals surface area contributed by atoms with Crippen LogP contribution in [0.25, 0.3) is 10.2 Å². The lowest BCUT2D eigenvalue weighted by Crippen LogP contribution is -2.08. The molecule has 0 saturated carbocycles. The zero-order valence-electron chi connectivity index (χ0n) is 12.0. The third-order valence-corrected chi connectivity index (χ3v) is 4.45. The highest BCUT2D eigenvalue weighted by molar-refractivity contribution is 7.16. The molecule has 0 bridgehead atoms. The highest BCUT2D eigenvalue weighted by Crippen LogP contribution is 2.21. The molecule has 0 amide bonds. The van der Waals surface area contributed by atoms with Gasteiger partial charge in [-0.05, 0) is 47.7 Å². The molecule has 0 aliphatic rings. The molecular formula is C15H13ClN4OS. The quantitative estimate of drug-likeness (QED) is 0.514. The van der Waals surface area contributed by atoms with E-state index in [9.17, 15) is 0 Å².